The summed E-state index contributed by atoms with van der Waals surface area (Å²) in [7, 11) is -3.20. The van der Waals surface area contributed by atoms with E-state index in [1.807, 2.05) is 6.26 Å². The van der Waals surface area contributed by atoms with Crippen LogP contribution in [0.25, 0.3) is 0 Å². The number of thiazole rings is 1. The van der Waals surface area contributed by atoms with Crippen molar-refractivity contribution in [3.8, 4) is 0 Å². The summed E-state index contributed by atoms with van der Waals surface area (Å²) < 4.78 is 23.7. The highest BCUT2D eigenvalue weighted by Gasteiger charge is 2.32. The van der Waals surface area contributed by atoms with Gasteiger partial charge in [0.25, 0.3) is 0 Å². The zero-order valence-corrected chi connectivity index (χ0v) is 11.5. The van der Waals surface area contributed by atoms with E-state index < -0.39 is 7.60 Å². The molecule has 0 aliphatic carbocycles. The van der Waals surface area contributed by atoms with Crippen LogP contribution in [0.15, 0.2) is 9.72 Å². The highest BCUT2D eigenvalue weighted by Crippen LogP contribution is 2.48. The Balaban J connectivity index is 3.03. The Kier molecular flexibility index (Phi) is 5.29. The highest BCUT2D eigenvalue weighted by molar-refractivity contribution is 8.01. The first-order valence-electron chi connectivity index (χ1n) is 4.55. The Labute approximate surface area is 97.9 Å². The lowest BCUT2D eigenvalue weighted by atomic mass is 10.9. The molecule has 1 heterocycles. The molecular formula is C8H14NO3PS2. The van der Waals surface area contributed by atoms with E-state index in [0.717, 1.165) is 4.21 Å². The van der Waals surface area contributed by atoms with Gasteiger partial charge in [-0.15, -0.1) is 23.1 Å². The second-order valence-corrected chi connectivity index (χ2v) is 6.37. The summed E-state index contributed by atoms with van der Waals surface area (Å²) in [6, 6.07) is 0. The lowest BCUT2D eigenvalue weighted by molar-refractivity contribution is 0.229. The van der Waals surface area contributed by atoms with Crippen molar-refractivity contribution in [3.05, 3.63) is 5.51 Å². The fraction of sp³-hybridized carbons (Fsp3) is 0.625. The maximum atomic E-state index is 12.3. The smallest absolute Gasteiger partial charge is 0.304 e. The van der Waals surface area contributed by atoms with Crippen LogP contribution in [0.2, 0.25) is 0 Å². The van der Waals surface area contributed by atoms with Crippen molar-refractivity contribution >= 4 is 36.1 Å². The van der Waals surface area contributed by atoms with Gasteiger partial charge in [0.1, 0.15) is 0 Å². The van der Waals surface area contributed by atoms with Gasteiger partial charge in [-0.1, -0.05) is 0 Å². The van der Waals surface area contributed by atoms with Crippen molar-refractivity contribution in [1.29, 1.82) is 0 Å². The first kappa shape index (κ1) is 13.2. The summed E-state index contributed by atoms with van der Waals surface area (Å²) in [6.45, 7) is 4.28. The molecule has 0 aromatic carbocycles. The third kappa shape index (κ3) is 3.04. The Morgan fingerprint density at radius 2 is 2.07 bits per heavy atom. The van der Waals surface area contributed by atoms with E-state index in [9.17, 15) is 4.57 Å². The van der Waals surface area contributed by atoms with Crippen LogP contribution in [0, 0.1) is 0 Å². The Morgan fingerprint density at radius 1 is 1.47 bits per heavy atom. The summed E-state index contributed by atoms with van der Waals surface area (Å²) in [5, 5.41) is 0. The molecule has 0 spiro atoms. The molecule has 0 amide bonds. The van der Waals surface area contributed by atoms with Crippen LogP contribution in [-0.2, 0) is 13.6 Å². The van der Waals surface area contributed by atoms with Crippen LogP contribution in [0.4, 0.5) is 0 Å². The van der Waals surface area contributed by atoms with Gasteiger partial charge in [-0.25, -0.2) is 4.98 Å². The molecule has 0 bridgehead atoms. The van der Waals surface area contributed by atoms with Gasteiger partial charge in [-0.05, 0) is 20.1 Å². The molecule has 15 heavy (non-hydrogen) atoms. The van der Waals surface area contributed by atoms with Gasteiger partial charge in [0.15, 0.2) is 5.44 Å². The summed E-state index contributed by atoms with van der Waals surface area (Å²) in [6.07, 6.45) is 1.92. The predicted octanol–water partition coefficient (Wildman–Crippen LogP) is 2.76. The summed E-state index contributed by atoms with van der Waals surface area (Å²) in [5.41, 5.74) is 2.11. The molecule has 0 aliphatic heterocycles. The molecular weight excluding hydrogens is 253 g/mol. The van der Waals surface area contributed by atoms with Crippen molar-refractivity contribution in [2.75, 3.05) is 19.5 Å². The van der Waals surface area contributed by atoms with Gasteiger partial charge in [0.05, 0.1) is 22.9 Å². The Bertz CT molecular complexity index is 345. The van der Waals surface area contributed by atoms with Crippen LogP contribution < -0.4 is 5.44 Å². The molecule has 0 saturated heterocycles. The van der Waals surface area contributed by atoms with Crippen molar-refractivity contribution in [1.82, 2.24) is 4.98 Å². The van der Waals surface area contributed by atoms with E-state index >= 15 is 0 Å². The van der Waals surface area contributed by atoms with Crippen molar-refractivity contribution < 1.29 is 13.6 Å². The lowest BCUT2D eigenvalue weighted by Crippen LogP contribution is -2.13. The second-order valence-electron chi connectivity index (χ2n) is 2.50. The molecule has 0 aliphatic rings. The topological polar surface area (TPSA) is 48.4 Å². The van der Waals surface area contributed by atoms with Crippen LogP contribution in [0.1, 0.15) is 13.8 Å². The third-order valence-electron chi connectivity index (χ3n) is 1.56. The van der Waals surface area contributed by atoms with Crippen LogP contribution in [0.3, 0.4) is 0 Å². The minimum Gasteiger partial charge on any atom is -0.304 e. The first-order valence-corrected chi connectivity index (χ1v) is 8.19. The molecule has 0 fully saturated rings. The number of thioether (sulfide) groups is 1. The third-order valence-corrected chi connectivity index (χ3v) is 5.89. The van der Waals surface area contributed by atoms with E-state index in [1.54, 1.807) is 19.4 Å². The number of hydrogen-bond acceptors (Lipinski definition) is 6. The van der Waals surface area contributed by atoms with Gasteiger partial charge in [-0.3, -0.25) is 4.57 Å². The van der Waals surface area contributed by atoms with Crippen LogP contribution >= 0.6 is 30.7 Å². The molecule has 0 atom stereocenters. The maximum Gasteiger partial charge on any atom is 0.381 e. The Hall–Kier alpha value is 0.130. The minimum absolute atomic E-state index is 0.350. The van der Waals surface area contributed by atoms with Gasteiger partial charge in [-0.2, -0.15) is 0 Å². The average molecular weight is 267 g/mol. The summed E-state index contributed by atoms with van der Waals surface area (Å²) in [5.74, 6) is 0. The SMILES string of the molecule is CCOP(=O)(OCC)c1ncsc1SC. The van der Waals surface area contributed by atoms with Gasteiger partial charge in [0, 0.05) is 0 Å². The first-order chi connectivity index (χ1) is 7.18. The molecule has 86 valence electrons. The quantitative estimate of drug-likeness (QED) is 0.586. The van der Waals surface area contributed by atoms with E-state index in [2.05, 4.69) is 4.98 Å². The molecule has 0 radical (unpaired) electrons. The summed E-state index contributed by atoms with van der Waals surface area (Å²) >= 11 is 2.95. The normalized spacial score (nSPS) is 11.9. The van der Waals surface area contributed by atoms with E-state index in [-0.39, 0.29) is 0 Å². The zero-order valence-electron chi connectivity index (χ0n) is 8.93. The summed E-state index contributed by atoms with van der Waals surface area (Å²) in [4.78, 5) is 4.08. The monoisotopic (exact) mass is 267 g/mol. The van der Waals surface area contributed by atoms with Gasteiger partial charge < -0.3 is 9.05 Å². The highest BCUT2D eigenvalue weighted by atomic mass is 32.2. The van der Waals surface area contributed by atoms with E-state index in [0.29, 0.717) is 18.6 Å². The Morgan fingerprint density at radius 3 is 2.53 bits per heavy atom. The number of rotatable bonds is 6. The van der Waals surface area contributed by atoms with Crippen molar-refractivity contribution in [2.45, 2.75) is 18.1 Å². The molecule has 0 N–H and O–H groups in total. The van der Waals surface area contributed by atoms with E-state index in [1.165, 1.54) is 23.1 Å². The van der Waals surface area contributed by atoms with Crippen LogP contribution in [0.5, 0.6) is 0 Å². The van der Waals surface area contributed by atoms with E-state index in [4.69, 9.17) is 9.05 Å². The van der Waals surface area contributed by atoms with Gasteiger partial charge in [0.2, 0.25) is 0 Å². The van der Waals surface area contributed by atoms with Crippen molar-refractivity contribution in [3.63, 3.8) is 0 Å². The number of aromatic nitrogens is 1. The molecule has 1 rings (SSSR count). The fourth-order valence-electron chi connectivity index (χ4n) is 1.05. The molecule has 7 heteroatoms. The molecule has 4 nitrogen and oxygen atoms in total. The number of nitrogens with zero attached hydrogens (tertiary/aromatic N) is 1. The zero-order chi connectivity index (χ0) is 11.3. The maximum absolute atomic E-state index is 12.3. The molecule has 0 unspecified atom stereocenters. The number of hydrogen-bond donors (Lipinski definition) is 0. The lowest BCUT2D eigenvalue weighted by Gasteiger charge is -2.15. The molecule has 1 aromatic rings. The average Bonchev–Trinajstić information content (AvgIpc) is 2.66. The standard InChI is InChI=1S/C8H14NO3PS2/c1-4-11-13(10,12-5-2)7-8(14-3)15-6-9-7/h6H,4-5H2,1-3H3. The molecule has 1 aromatic heterocycles. The predicted molar refractivity (Wildman–Crippen MR) is 64.4 cm³/mol. The van der Waals surface area contributed by atoms with Crippen LogP contribution in [-0.4, -0.2) is 24.5 Å². The van der Waals surface area contributed by atoms with Gasteiger partial charge >= 0.3 is 7.60 Å². The minimum atomic E-state index is -3.20. The van der Waals surface area contributed by atoms with Crippen molar-refractivity contribution in [2.24, 2.45) is 0 Å². The molecule has 0 saturated carbocycles. The second kappa shape index (κ2) is 6.01. The largest absolute Gasteiger partial charge is 0.381 e. The fourth-order valence-corrected chi connectivity index (χ4v) is 4.81.